The van der Waals surface area contributed by atoms with Gasteiger partial charge in [0.1, 0.15) is 41.4 Å². The molecule has 266 valence electrons. The molecule has 2 bridgehead atoms. The van der Waals surface area contributed by atoms with Crippen molar-refractivity contribution in [1.29, 1.82) is 0 Å². The normalized spacial score (nSPS) is 31.4. The van der Waals surface area contributed by atoms with Crippen LogP contribution in [0.25, 0.3) is 32.9 Å². The summed E-state index contributed by atoms with van der Waals surface area (Å²) in [5.74, 6) is 0.355. The molecule has 2 aromatic heterocycles. The Morgan fingerprint density at radius 1 is 1.16 bits per heavy atom. The Hall–Kier alpha value is -4.07. The Balaban J connectivity index is 1.10. The number of nitrogens with zero attached hydrogens (tertiary/aromatic N) is 5. The van der Waals surface area contributed by atoms with E-state index < -0.39 is 23.1 Å². The number of phenols is 1. The van der Waals surface area contributed by atoms with Gasteiger partial charge in [-0.1, -0.05) is 6.07 Å². The van der Waals surface area contributed by atoms with Crippen LogP contribution in [0.3, 0.4) is 0 Å². The van der Waals surface area contributed by atoms with E-state index in [4.69, 9.17) is 24.2 Å². The molecule has 1 spiro atoms. The Labute approximate surface area is 292 Å². The minimum absolute atomic E-state index is 0.00393. The number of phenolic OH excluding ortho intramolecular Hbond substituents is 1. The van der Waals surface area contributed by atoms with Crippen molar-refractivity contribution in [2.45, 2.75) is 87.9 Å². The first kappa shape index (κ1) is 30.5. The van der Waals surface area contributed by atoms with Crippen molar-refractivity contribution in [3.63, 3.8) is 0 Å². The number of ether oxygens (including phenoxy) is 3. The van der Waals surface area contributed by atoms with Crippen LogP contribution in [0.4, 0.5) is 14.6 Å². The van der Waals surface area contributed by atoms with Gasteiger partial charge in [-0.2, -0.15) is 9.97 Å². The maximum absolute atomic E-state index is 17.5. The predicted molar refractivity (Wildman–Crippen MR) is 185 cm³/mol. The Kier molecular flexibility index (Phi) is 6.29. The monoisotopic (exact) mass is 698 g/mol. The highest BCUT2D eigenvalue weighted by Crippen LogP contribution is 2.52. The molecule has 9 heterocycles. The Morgan fingerprint density at radius 3 is 2.88 bits per heavy atom. The van der Waals surface area contributed by atoms with E-state index in [1.165, 1.54) is 6.07 Å². The molecule has 6 atom stereocenters. The summed E-state index contributed by atoms with van der Waals surface area (Å²) in [7, 11) is 0. The maximum atomic E-state index is 17.5. The lowest BCUT2D eigenvalue weighted by Crippen LogP contribution is -2.58. The van der Waals surface area contributed by atoms with Crippen LogP contribution in [0.2, 0.25) is 0 Å². The number of piperazine rings is 1. The van der Waals surface area contributed by atoms with Gasteiger partial charge in [0, 0.05) is 73.7 Å². The SMILES string of the molecule is CC1Cc2c(ccc3cc(O)cc(-c4c(F)c5nc(OC[C@]67C[C@@H](F)CN6CC6(COC6)C7)nc6c5n(c4=O)CCC4C5CCC(CN64)N5)c23)O1. The largest absolute Gasteiger partial charge is 0.508 e. The van der Waals surface area contributed by atoms with Crippen LogP contribution in [0.15, 0.2) is 29.1 Å². The molecular formula is C38H40F2N6O5. The van der Waals surface area contributed by atoms with Crippen LogP contribution in [-0.2, 0) is 17.7 Å². The van der Waals surface area contributed by atoms with E-state index in [1.54, 1.807) is 10.6 Å². The summed E-state index contributed by atoms with van der Waals surface area (Å²) >= 11 is 0. The number of aromatic hydroxyl groups is 1. The Bertz CT molecular complexity index is 2230. The van der Waals surface area contributed by atoms with Crippen LogP contribution < -0.4 is 25.2 Å². The van der Waals surface area contributed by atoms with Gasteiger partial charge in [-0.25, -0.2) is 8.78 Å². The fraction of sp³-hybridized carbons (Fsp3) is 0.553. The van der Waals surface area contributed by atoms with E-state index in [1.807, 2.05) is 19.1 Å². The zero-order valence-corrected chi connectivity index (χ0v) is 28.5. The molecule has 11 rings (SSSR count). The zero-order chi connectivity index (χ0) is 34.4. The molecule has 0 aliphatic carbocycles. The van der Waals surface area contributed by atoms with Gasteiger partial charge in [-0.15, -0.1) is 0 Å². The van der Waals surface area contributed by atoms with E-state index in [0.717, 1.165) is 31.4 Å². The molecule has 0 radical (unpaired) electrons. The first-order chi connectivity index (χ1) is 24.7. The van der Waals surface area contributed by atoms with Crippen molar-refractivity contribution in [3.05, 3.63) is 46.0 Å². The highest BCUT2D eigenvalue weighted by molar-refractivity contribution is 6.03. The van der Waals surface area contributed by atoms with Gasteiger partial charge in [0.2, 0.25) is 0 Å². The van der Waals surface area contributed by atoms with E-state index in [0.29, 0.717) is 85.5 Å². The fourth-order valence-corrected chi connectivity index (χ4v) is 10.9. The minimum atomic E-state index is -0.951. The lowest BCUT2D eigenvalue weighted by molar-refractivity contribution is -0.108. The average molecular weight is 699 g/mol. The molecule has 13 heteroatoms. The summed E-state index contributed by atoms with van der Waals surface area (Å²) in [4.78, 5) is 28.9. The van der Waals surface area contributed by atoms with Gasteiger partial charge in [0.15, 0.2) is 11.6 Å². The smallest absolute Gasteiger partial charge is 0.319 e. The van der Waals surface area contributed by atoms with Gasteiger partial charge in [0.25, 0.3) is 5.56 Å². The summed E-state index contributed by atoms with van der Waals surface area (Å²) in [5.41, 5.74) is 0.422. The van der Waals surface area contributed by atoms with Gasteiger partial charge < -0.3 is 34.1 Å². The highest BCUT2D eigenvalue weighted by atomic mass is 19.1. The van der Waals surface area contributed by atoms with E-state index in [2.05, 4.69) is 15.1 Å². The molecule has 4 aromatic rings. The molecule has 5 saturated heterocycles. The number of hydrogen-bond acceptors (Lipinski definition) is 10. The van der Waals surface area contributed by atoms with Gasteiger partial charge in [-0.3, -0.25) is 9.69 Å². The summed E-state index contributed by atoms with van der Waals surface area (Å²) in [6.45, 7) is 5.63. The van der Waals surface area contributed by atoms with Crippen molar-refractivity contribution in [3.8, 4) is 28.6 Å². The number of benzene rings is 2. The van der Waals surface area contributed by atoms with E-state index in [9.17, 15) is 14.3 Å². The van der Waals surface area contributed by atoms with Crippen LogP contribution in [0.5, 0.6) is 17.5 Å². The van der Waals surface area contributed by atoms with Crippen molar-refractivity contribution >= 4 is 27.6 Å². The molecule has 4 unspecified atom stereocenters. The van der Waals surface area contributed by atoms with Crippen molar-refractivity contribution in [2.24, 2.45) is 5.41 Å². The number of hydrogen-bond donors (Lipinski definition) is 2. The third-order valence-corrected chi connectivity index (χ3v) is 12.9. The van der Waals surface area contributed by atoms with Crippen LogP contribution in [0, 0.1) is 11.2 Å². The second kappa shape index (κ2) is 10.5. The number of rotatable bonds is 4. The molecule has 51 heavy (non-hydrogen) atoms. The zero-order valence-electron chi connectivity index (χ0n) is 28.5. The number of fused-ring (bicyclic) bond motifs is 9. The van der Waals surface area contributed by atoms with E-state index in [-0.39, 0.29) is 59.1 Å². The molecule has 5 fully saturated rings. The summed E-state index contributed by atoms with van der Waals surface area (Å²) in [5, 5.41) is 16.0. The molecule has 0 saturated carbocycles. The number of pyridine rings is 1. The molecule has 2 N–H and O–H groups in total. The van der Waals surface area contributed by atoms with Gasteiger partial charge >= 0.3 is 6.01 Å². The third kappa shape index (κ3) is 4.34. The van der Waals surface area contributed by atoms with Crippen molar-refractivity contribution in [1.82, 2.24) is 24.8 Å². The second-order valence-electron chi connectivity index (χ2n) is 16.4. The Morgan fingerprint density at radius 2 is 2.04 bits per heavy atom. The second-order valence-corrected chi connectivity index (χ2v) is 16.4. The average Bonchev–Trinajstić information content (AvgIpc) is 3.80. The third-order valence-electron chi connectivity index (χ3n) is 12.9. The number of aromatic nitrogens is 3. The molecule has 0 amide bonds. The predicted octanol–water partition coefficient (Wildman–Crippen LogP) is 4.07. The lowest BCUT2D eigenvalue weighted by atomic mass is 9.78. The van der Waals surface area contributed by atoms with Crippen LogP contribution in [-0.4, -0.2) is 99.9 Å². The van der Waals surface area contributed by atoms with Crippen LogP contribution in [0.1, 0.15) is 44.6 Å². The first-order valence-corrected chi connectivity index (χ1v) is 18.4. The summed E-state index contributed by atoms with van der Waals surface area (Å²) in [6, 6.07) is 7.37. The lowest BCUT2D eigenvalue weighted by Gasteiger charge is -2.41. The van der Waals surface area contributed by atoms with Gasteiger partial charge in [-0.05, 0) is 61.6 Å². The van der Waals surface area contributed by atoms with E-state index >= 15 is 4.39 Å². The quantitative estimate of drug-likeness (QED) is 0.324. The molecule has 2 aromatic carbocycles. The minimum Gasteiger partial charge on any atom is -0.508 e. The summed E-state index contributed by atoms with van der Waals surface area (Å²) < 4.78 is 52.2. The standard InChI is InChI=1S/C38H40F2N6O5/c1-19-8-24-28(51-19)5-2-20-9-23(47)10-25(29(20)24)30-31(40)32-33-34(46-13-22-3-4-26(41-22)27(46)6-7-45(33)35(30)48)43-36(42-32)50-18-38-11-21(39)12-44(38)15-37(14-38)16-49-17-37/h2,5,9-10,19,21-22,26-27,41,47H,3-4,6-8,11-18H2,1H3/t19?,21-,22?,26?,27?,38-/m1/s1. The van der Waals surface area contributed by atoms with Crippen molar-refractivity contribution < 1.29 is 28.1 Å². The maximum Gasteiger partial charge on any atom is 0.319 e. The molecular weight excluding hydrogens is 658 g/mol. The number of anilines is 1. The highest BCUT2D eigenvalue weighted by Gasteiger charge is 2.61. The number of halogens is 2. The topological polar surface area (TPSA) is 114 Å². The van der Waals surface area contributed by atoms with Crippen molar-refractivity contribution in [2.75, 3.05) is 44.4 Å². The molecule has 7 aliphatic heterocycles. The van der Waals surface area contributed by atoms with Gasteiger partial charge in [0.05, 0.1) is 24.3 Å². The van der Waals surface area contributed by atoms with Crippen LogP contribution >= 0.6 is 0 Å². The molecule has 11 nitrogen and oxygen atoms in total. The molecule has 7 aliphatic rings. The number of alkyl halides is 1. The number of nitrogens with one attached hydrogen (secondary N) is 1. The number of aryl methyl sites for hydroxylation is 1. The summed E-state index contributed by atoms with van der Waals surface area (Å²) in [6.07, 6.45) is 3.41. The first-order valence-electron chi connectivity index (χ1n) is 18.4. The fourth-order valence-electron chi connectivity index (χ4n) is 10.9.